The second-order valence-electron chi connectivity index (χ2n) is 8.80. The molecule has 0 unspecified atom stereocenters. The van der Waals surface area contributed by atoms with Crippen LogP contribution in [0.1, 0.15) is 36.8 Å². The van der Waals surface area contributed by atoms with Crippen LogP contribution in [0.5, 0.6) is 0 Å². The molecule has 2 aromatic rings. The molecule has 1 saturated heterocycles. The molecule has 0 radical (unpaired) electrons. The number of ether oxygens (including phenoxy) is 1. The Bertz CT molecular complexity index is 951. The lowest BCUT2D eigenvalue weighted by atomic mass is 9.55. The highest BCUT2D eigenvalue weighted by molar-refractivity contribution is 6.06. The van der Waals surface area contributed by atoms with Gasteiger partial charge < -0.3 is 4.74 Å². The first-order valence-electron chi connectivity index (χ1n) is 9.05. The fourth-order valence-electron chi connectivity index (χ4n) is 7.79. The molecule has 122 valence electrons. The number of hydrogen-bond donors (Lipinski definition) is 0. The summed E-state index contributed by atoms with van der Waals surface area (Å²) in [6.45, 7) is 0. The molecular formula is C22H16O3. The molecule has 4 bridgehead atoms. The van der Waals surface area contributed by atoms with Gasteiger partial charge in [0.1, 0.15) is 0 Å². The first kappa shape index (κ1) is 12.9. The van der Waals surface area contributed by atoms with Crippen LogP contribution in [-0.2, 0) is 25.2 Å². The maximum absolute atomic E-state index is 12.8. The van der Waals surface area contributed by atoms with Crippen molar-refractivity contribution < 1.29 is 14.3 Å². The molecule has 4 saturated carbocycles. The number of hydrogen-bond acceptors (Lipinski definition) is 3. The highest BCUT2D eigenvalue weighted by atomic mass is 16.6. The lowest BCUT2D eigenvalue weighted by Gasteiger charge is -2.47. The molecule has 0 atom stereocenters. The third-order valence-corrected chi connectivity index (χ3v) is 8.39. The average molecular weight is 328 g/mol. The van der Waals surface area contributed by atoms with Gasteiger partial charge in [-0.05, 0) is 47.9 Å². The monoisotopic (exact) mass is 328 g/mol. The van der Waals surface area contributed by atoms with Crippen molar-refractivity contribution >= 4 is 11.9 Å². The molecule has 0 amide bonds. The molecule has 4 spiro atoms. The van der Waals surface area contributed by atoms with Crippen molar-refractivity contribution in [2.75, 3.05) is 0 Å². The van der Waals surface area contributed by atoms with Crippen molar-refractivity contribution in [3.05, 3.63) is 59.7 Å². The molecule has 1 aliphatic heterocycles. The average Bonchev–Trinajstić information content (AvgIpc) is 3.33. The molecule has 1 heterocycles. The van der Waals surface area contributed by atoms with E-state index in [-0.39, 0.29) is 22.8 Å². The van der Waals surface area contributed by atoms with Crippen molar-refractivity contribution in [1.82, 2.24) is 0 Å². The van der Waals surface area contributed by atoms with Crippen molar-refractivity contribution in [2.24, 2.45) is 10.8 Å². The zero-order valence-corrected chi connectivity index (χ0v) is 13.7. The van der Waals surface area contributed by atoms with Crippen molar-refractivity contribution in [3.8, 4) is 11.1 Å². The van der Waals surface area contributed by atoms with E-state index < -0.39 is 10.8 Å². The number of carbonyl (C=O) groups excluding carboxylic acids is 2. The second-order valence-corrected chi connectivity index (χ2v) is 8.80. The predicted octanol–water partition coefficient (Wildman–Crippen LogP) is 3.50. The van der Waals surface area contributed by atoms with Gasteiger partial charge in [-0.2, -0.15) is 0 Å². The van der Waals surface area contributed by atoms with Crippen LogP contribution in [0.25, 0.3) is 11.1 Å². The standard InChI is InChI=1S/C22H16O3/c23-17-21-9-19-10-22(21,18(24)25-17)12-20(19,11-21)16-8-4-2-6-14(16)13-5-1-3-7-15(13)19/h1-8H,9-12H2. The van der Waals surface area contributed by atoms with Crippen molar-refractivity contribution in [1.29, 1.82) is 0 Å². The quantitative estimate of drug-likeness (QED) is 0.549. The Morgan fingerprint density at radius 3 is 1.44 bits per heavy atom. The second kappa shape index (κ2) is 3.31. The van der Waals surface area contributed by atoms with Crippen molar-refractivity contribution in [2.45, 2.75) is 36.5 Å². The van der Waals surface area contributed by atoms with Crippen LogP contribution in [0.4, 0.5) is 0 Å². The third-order valence-electron chi connectivity index (χ3n) is 8.39. The Morgan fingerprint density at radius 2 is 1.00 bits per heavy atom. The normalized spacial score (nSPS) is 43.7. The van der Waals surface area contributed by atoms with E-state index in [1.165, 1.54) is 22.3 Å². The SMILES string of the molecule is O=C1OC(=O)C23CC45CC12CC4(C3)c1ccccc1-c1ccccc15. The van der Waals surface area contributed by atoms with Crippen LogP contribution in [0.15, 0.2) is 48.5 Å². The molecule has 8 rings (SSSR count). The van der Waals surface area contributed by atoms with Crippen LogP contribution in [0, 0.1) is 10.8 Å². The Balaban J connectivity index is 1.66. The maximum atomic E-state index is 12.8. The summed E-state index contributed by atoms with van der Waals surface area (Å²) in [7, 11) is 0. The van der Waals surface area contributed by atoms with E-state index in [0.29, 0.717) is 0 Å². The van der Waals surface area contributed by atoms with Gasteiger partial charge in [0.25, 0.3) is 0 Å². The topological polar surface area (TPSA) is 43.4 Å². The highest BCUT2D eigenvalue weighted by Crippen LogP contribution is 2.89. The zero-order chi connectivity index (χ0) is 16.7. The Hall–Kier alpha value is -2.42. The van der Waals surface area contributed by atoms with Gasteiger partial charge in [-0.3, -0.25) is 9.59 Å². The van der Waals surface area contributed by atoms with E-state index in [4.69, 9.17) is 4.74 Å². The molecule has 25 heavy (non-hydrogen) atoms. The summed E-state index contributed by atoms with van der Waals surface area (Å²) in [5.74, 6) is -0.508. The third kappa shape index (κ3) is 0.945. The number of fused-ring (bicyclic) bond motifs is 3. The lowest BCUT2D eigenvalue weighted by molar-refractivity contribution is -0.156. The summed E-state index contributed by atoms with van der Waals surface area (Å²) >= 11 is 0. The largest absolute Gasteiger partial charge is 0.392 e. The number of rotatable bonds is 0. The minimum Gasteiger partial charge on any atom is -0.392 e. The molecule has 5 aliphatic carbocycles. The van der Waals surface area contributed by atoms with Gasteiger partial charge in [-0.15, -0.1) is 0 Å². The first-order valence-corrected chi connectivity index (χ1v) is 9.05. The molecular weight excluding hydrogens is 312 g/mol. The number of esters is 2. The lowest BCUT2D eigenvalue weighted by Crippen LogP contribution is -2.43. The van der Waals surface area contributed by atoms with Gasteiger partial charge in [-0.1, -0.05) is 48.5 Å². The summed E-state index contributed by atoms with van der Waals surface area (Å²) in [6.07, 6.45) is 3.09. The van der Waals surface area contributed by atoms with E-state index in [9.17, 15) is 9.59 Å². The number of carbonyl (C=O) groups is 2. The van der Waals surface area contributed by atoms with Crippen LogP contribution in [0.2, 0.25) is 0 Å². The van der Waals surface area contributed by atoms with Crippen LogP contribution in [0.3, 0.4) is 0 Å². The van der Waals surface area contributed by atoms with Gasteiger partial charge in [0, 0.05) is 10.8 Å². The van der Waals surface area contributed by atoms with Gasteiger partial charge in [0.05, 0.1) is 10.8 Å². The Kier molecular flexibility index (Phi) is 1.70. The fraction of sp³-hybridized carbons (Fsp3) is 0.364. The van der Waals surface area contributed by atoms with Crippen LogP contribution in [-0.4, -0.2) is 11.9 Å². The van der Waals surface area contributed by atoms with Crippen LogP contribution < -0.4 is 0 Å². The van der Waals surface area contributed by atoms with Gasteiger partial charge in [-0.25, -0.2) is 0 Å². The van der Waals surface area contributed by atoms with Gasteiger partial charge >= 0.3 is 11.9 Å². The summed E-state index contributed by atoms with van der Waals surface area (Å²) in [5, 5.41) is 0. The fourth-order valence-corrected chi connectivity index (χ4v) is 7.79. The smallest absolute Gasteiger partial charge is 0.320 e. The minimum atomic E-state index is -0.589. The van der Waals surface area contributed by atoms with Crippen molar-refractivity contribution in [3.63, 3.8) is 0 Å². The molecule has 3 nitrogen and oxygen atoms in total. The molecule has 0 N–H and O–H groups in total. The molecule has 3 heteroatoms. The first-order chi connectivity index (χ1) is 12.1. The summed E-state index contributed by atoms with van der Waals surface area (Å²) in [6, 6.07) is 17.2. The van der Waals surface area contributed by atoms with E-state index in [1.54, 1.807) is 0 Å². The van der Waals surface area contributed by atoms with E-state index >= 15 is 0 Å². The maximum Gasteiger partial charge on any atom is 0.320 e. The molecule has 6 aliphatic rings. The highest BCUT2D eigenvalue weighted by Gasteiger charge is 2.92. The van der Waals surface area contributed by atoms with E-state index in [2.05, 4.69) is 48.5 Å². The van der Waals surface area contributed by atoms with Crippen LogP contribution >= 0.6 is 0 Å². The minimum absolute atomic E-state index is 0.0902. The summed E-state index contributed by atoms with van der Waals surface area (Å²) in [5.41, 5.74) is 3.89. The molecule has 2 aromatic carbocycles. The summed E-state index contributed by atoms with van der Waals surface area (Å²) < 4.78 is 5.19. The molecule has 0 aromatic heterocycles. The van der Waals surface area contributed by atoms with E-state index in [0.717, 1.165) is 25.7 Å². The number of benzene rings is 2. The predicted molar refractivity (Wildman–Crippen MR) is 89.7 cm³/mol. The Labute approximate surface area is 145 Å². The van der Waals surface area contributed by atoms with E-state index in [1.807, 2.05) is 0 Å². The van der Waals surface area contributed by atoms with Gasteiger partial charge in [0.15, 0.2) is 0 Å². The Morgan fingerprint density at radius 1 is 0.600 bits per heavy atom. The number of cyclic esters (lactones) is 2. The van der Waals surface area contributed by atoms with Gasteiger partial charge in [0.2, 0.25) is 0 Å². The zero-order valence-electron chi connectivity index (χ0n) is 13.7. The summed E-state index contributed by atoms with van der Waals surface area (Å²) in [4.78, 5) is 25.6. The molecule has 5 fully saturated rings.